The van der Waals surface area contributed by atoms with E-state index in [0.717, 1.165) is 0 Å². The number of amides is 1. The van der Waals surface area contributed by atoms with Crippen molar-refractivity contribution in [2.45, 2.75) is 12.5 Å². The van der Waals surface area contributed by atoms with Crippen LogP contribution in [0.2, 0.25) is 0 Å². The van der Waals surface area contributed by atoms with Crippen LogP contribution in [0.15, 0.2) is 22.7 Å². The summed E-state index contributed by atoms with van der Waals surface area (Å²) >= 11 is 3.18. The minimum absolute atomic E-state index is 0.305. The zero-order valence-electron chi connectivity index (χ0n) is 8.11. The molecule has 2 N–H and O–H groups in total. The van der Waals surface area contributed by atoms with Gasteiger partial charge in [-0.2, -0.15) is 0 Å². The van der Waals surface area contributed by atoms with Crippen molar-refractivity contribution in [3.63, 3.8) is 0 Å². The Labute approximate surface area is 99.6 Å². The molecule has 0 bridgehead atoms. The van der Waals surface area contributed by atoms with E-state index in [1.54, 1.807) is 0 Å². The number of carbonyl (C=O) groups is 2. The summed E-state index contributed by atoms with van der Waals surface area (Å²) in [4.78, 5) is 20.9. The fourth-order valence-electron chi connectivity index (χ4n) is 1.30. The number of carboxylic acid groups (broad SMARTS) is 1. The minimum Gasteiger partial charge on any atom is -0.481 e. The van der Waals surface area contributed by atoms with Gasteiger partial charge in [-0.1, -0.05) is 15.9 Å². The standard InChI is InChI=1S/C10H9BrFNO3/c11-8-2-1-6(12)3-7(8)9(13-5-14)4-10(15)16/h1-3,5,9H,4H2,(H,13,14)(H,15,16)/t9-/m0/s1. The number of hydrogen-bond donors (Lipinski definition) is 2. The Balaban J connectivity index is 3.03. The van der Waals surface area contributed by atoms with Gasteiger partial charge in [-0.3, -0.25) is 9.59 Å². The molecule has 0 aromatic heterocycles. The molecule has 0 radical (unpaired) electrons. The lowest BCUT2D eigenvalue weighted by atomic mass is 10.0. The molecule has 0 fully saturated rings. The molecule has 0 aliphatic heterocycles. The van der Waals surface area contributed by atoms with E-state index in [1.165, 1.54) is 18.2 Å². The van der Waals surface area contributed by atoms with Crippen LogP contribution in [0.5, 0.6) is 0 Å². The Morgan fingerprint density at radius 2 is 2.31 bits per heavy atom. The normalized spacial score (nSPS) is 11.9. The quantitative estimate of drug-likeness (QED) is 0.813. The third kappa shape index (κ3) is 3.30. The Hall–Kier alpha value is -1.43. The first-order valence-corrected chi connectivity index (χ1v) is 5.20. The molecule has 1 rings (SSSR count). The number of rotatable bonds is 5. The van der Waals surface area contributed by atoms with Crippen molar-refractivity contribution in [1.29, 1.82) is 0 Å². The summed E-state index contributed by atoms with van der Waals surface area (Å²) in [6, 6.07) is 3.15. The molecule has 0 spiro atoms. The van der Waals surface area contributed by atoms with Gasteiger partial charge in [0.2, 0.25) is 6.41 Å². The third-order valence-electron chi connectivity index (χ3n) is 1.98. The first-order valence-electron chi connectivity index (χ1n) is 4.41. The van der Waals surface area contributed by atoms with Crippen LogP contribution in [-0.2, 0) is 9.59 Å². The van der Waals surface area contributed by atoms with Crippen LogP contribution in [0.25, 0.3) is 0 Å². The van der Waals surface area contributed by atoms with E-state index < -0.39 is 17.8 Å². The SMILES string of the molecule is O=CN[C@@H](CC(=O)O)c1cc(F)ccc1Br. The van der Waals surface area contributed by atoms with E-state index in [1.807, 2.05) is 0 Å². The zero-order valence-corrected chi connectivity index (χ0v) is 9.70. The number of carboxylic acids is 1. The van der Waals surface area contributed by atoms with Crippen LogP contribution in [-0.4, -0.2) is 17.5 Å². The maximum Gasteiger partial charge on any atom is 0.305 e. The van der Waals surface area contributed by atoms with Crippen LogP contribution in [0.4, 0.5) is 4.39 Å². The molecule has 0 aliphatic carbocycles. The molecule has 6 heteroatoms. The highest BCUT2D eigenvalue weighted by Gasteiger charge is 2.17. The zero-order chi connectivity index (χ0) is 12.1. The third-order valence-corrected chi connectivity index (χ3v) is 2.70. The summed E-state index contributed by atoms with van der Waals surface area (Å²) in [6.45, 7) is 0. The molecule has 1 aromatic rings. The number of aliphatic carboxylic acids is 1. The number of carbonyl (C=O) groups excluding carboxylic acids is 1. The fourth-order valence-corrected chi connectivity index (χ4v) is 1.82. The topological polar surface area (TPSA) is 66.4 Å². The van der Waals surface area contributed by atoms with Gasteiger partial charge in [-0.25, -0.2) is 4.39 Å². The Morgan fingerprint density at radius 3 is 2.88 bits per heavy atom. The van der Waals surface area contributed by atoms with Gasteiger partial charge < -0.3 is 10.4 Å². The van der Waals surface area contributed by atoms with Crippen molar-refractivity contribution >= 4 is 28.3 Å². The van der Waals surface area contributed by atoms with Crippen LogP contribution in [0, 0.1) is 5.82 Å². The van der Waals surface area contributed by atoms with E-state index in [9.17, 15) is 14.0 Å². The minimum atomic E-state index is -1.07. The molecule has 0 saturated carbocycles. The first-order chi connectivity index (χ1) is 7.54. The van der Waals surface area contributed by atoms with Crippen LogP contribution < -0.4 is 5.32 Å². The molecule has 1 atom stereocenters. The van der Waals surface area contributed by atoms with Gasteiger partial charge in [0, 0.05) is 4.47 Å². The van der Waals surface area contributed by atoms with Crippen molar-refractivity contribution in [1.82, 2.24) is 5.32 Å². The van der Waals surface area contributed by atoms with E-state index >= 15 is 0 Å². The molecule has 86 valence electrons. The van der Waals surface area contributed by atoms with Gasteiger partial charge in [0.15, 0.2) is 0 Å². The van der Waals surface area contributed by atoms with E-state index in [2.05, 4.69) is 21.2 Å². The molecule has 1 aromatic carbocycles. The van der Waals surface area contributed by atoms with Gasteiger partial charge in [-0.05, 0) is 23.8 Å². The lowest BCUT2D eigenvalue weighted by Gasteiger charge is -2.15. The first kappa shape index (κ1) is 12.6. The lowest BCUT2D eigenvalue weighted by Crippen LogP contribution is -2.22. The van der Waals surface area contributed by atoms with Crippen molar-refractivity contribution < 1.29 is 19.1 Å². The second-order valence-corrected chi connectivity index (χ2v) is 3.96. The summed E-state index contributed by atoms with van der Waals surface area (Å²) in [5.41, 5.74) is 0.398. The molecule has 4 nitrogen and oxygen atoms in total. The molecular formula is C10H9BrFNO3. The Bertz CT molecular complexity index is 411. The van der Waals surface area contributed by atoms with Crippen molar-refractivity contribution in [3.8, 4) is 0 Å². The van der Waals surface area contributed by atoms with E-state index in [0.29, 0.717) is 16.4 Å². The van der Waals surface area contributed by atoms with Gasteiger partial charge in [0.25, 0.3) is 0 Å². The maximum atomic E-state index is 13.0. The highest BCUT2D eigenvalue weighted by atomic mass is 79.9. The van der Waals surface area contributed by atoms with Gasteiger partial charge in [0.05, 0.1) is 12.5 Å². The van der Waals surface area contributed by atoms with Gasteiger partial charge >= 0.3 is 5.97 Å². The Morgan fingerprint density at radius 1 is 1.62 bits per heavy atom. The van der Waals surface area contributed by atoms with Crippen molar-refractivity contribution in [3.05, 3.63) is 34.1 Å². The van der Waals surface area contributed by atoms with Gasteiger partial charge in [-0.15, -0.1) is 0 Å². The second-order valence-electron chi connectivity index (χ2n) is 3.10. The maximum absolute atomic E-state index is 13.0. The molecular weight excluding hydrogens is 281 g/mol. The number of hydrogen-bond acceptors (Lipinski definition) is 2. The summed E-state index contributed by atoms with van der Waals surface area (Å²) in [5.74, 6) is -1.56. The largest absolute Gasteiger partial charge is 0.481 e. The second kappa shape index (κ2) is 5.60. The summed E-state index contributed by atoms with van der Waals surface area (Å²) in [6.07, 6.45) is 0.0890. The fraction of sp³-hybridized carbons (Fsp3) is 0.200. The monoisotopic (exact) mass is 289 g/mol. The van der Waals surface area contributed by atoms with E-state index in [-0.39, 0.29) is 6.42 Å². The van der Waals surface area contributed by atoms with Crippen molar-refractivity contribution in [2.75, 3.05) is 0 Å². The van der Waals surface area contributed by atoms with E-state index in [4.69, 9.17) is 5.11 Å². The summed E-state index contributed by atoms with van der Waals surface area (Å²) in [5, 5.41) is 11.0. The predicted octanol–water partition coefficient (Wildman–Crippen LogP) is 1.85. The molecule has 0 unspecified atom stereocenters. The summed E-state index contributed by atoms with van der Waals surface area (Å²) in [7, 11) is 0. The Kier molecular flexibility index (Phi) is 4.42. The molecule has 0 saturated heterocycles. The lowest BCUT2D eigenvalue weighted by molar-refractivity contribution is -0.137. The summed E-state index contributed by atoms with van der Waals surface area (Å²) < 4.78 is 13.6. The van der Waals surface area contributed by atoms with Crippen molar-refractivity contribution in [2.24, 2.45) is 0 Å². The molecule has 1 amide bonds. The van der Waals surface area contributed by atoms with Gasteiger partial charge in [0.1, 0.15) is 5.82 Å². The molecule has 0 aliphatic rings. The van der Waals surface area contributed by atoms with Crippen LogP contribution in [0.3, 0.4) is 0 Å². The average molecular weight is 290 g/mol. The van der Waals surface area contributed by atoms with Crippen LogP contribution >= 0.6 is 15.9 Å². The van der Waals surface area contributed by atoms with Crippen LogP contribution in [0.1, 0.15) is 18.0 Å². The number of nitrogens with one attached hydrogen (secondary N) is 1. The highest BCUT2D eigenvalue weighted by Crippen LogP contribution is 2.26. The molecule has 16 heavy (non-hydrogen) atoms. The predicted molar refractivity (Wildman–Crippen MR) is 58.3 cm³/mol. The average Bonchev–Trinajstić information content (AvgIpc) is 2.20. The number of halogens is 2. The smallest absolute Gasteiger partial charge is 0.305 e. The highest BCUT2D eigenvalue weighted by molar-refractivity contribution is 9.10. The molecule has 0 heterocycles. The number of benzene rings is 1.